The first-order chi connectivity index (χ1) is 10.7. The van der Waals surface area contributed by atoms with E-state index in [-0.39, 0.29) is 10.7 Å². The van der Waals surface area contributed by atoms with Crippen LogP contribution in [0.5, 0.6) is 0 Å². The van der Waals surface area contributed by atoms with Crippen molar-refractivity contribution in [1.29, 1.82) is 0 Å². The predicted octanol–water partition coefficient (Wildman–Crippen LogP) is 2.72. The highest BCUT2D eigenvalue weighted by molar-refractivity contribution is 6.74. The van der Waals surface area contributed by atoms with Gasteiger partial charge in [-0.1, -0.05) is 20.8 Å². The van der Waals surface area contributed by atoms with E-state index in [2.05, 4.69) is 48.8 Å². The Labute approximate surface area is 137 Å². The van der Waals surface area contributed by atoms with E-state index < -0.39 is 8.32 Å². The first kappa shape index (κ1) is 17.5. The lowest BCUT2D eigenvalue weighted by atomic mass is 10.2. The van der Waals surface area contributed by atoms with Crippen LogP contribution in [0.3, 0.4) is 0 Å². The first-order valence-electron chi connectivity index (χ1n) is 7.68. The van der Waals surface area contributed by atoms with Crippen LogP contribution in [-0.2, 0) is 11.0 Å². The second-order valence-corrected chi connectivity index (χ2v) is 11.8. The van der Waals surface area contributed by atoms with E-state index in [1.54, 1.807) is 35.4 Å². The third-order valence-electron chi connectivity index (χ3n) is 4.30. The largest absolute Gasteiger partial charge is 0.415 e. The standard InChI is InChI=1S/C16H24N4O2Si/c1-16(2,3)23(4,5)22-11-10-20-9-6-13(19-15(20)21)14-12-17-7-8-18-14/h6-9,12H,10-11H2,1-5H3. The molecule has 0 atom stereocenters. The Kier molecular flexibility index (Phi) is 5.11. The lowest BCUT2D eigenvalue weighted by molar-refractivity contribution is 0.269. The molecule has 0 bridgehead atoms. The monoisotopic (exact) mass is 332 g/mol. The number of rotatable bonds is 5. The van der Waals surface area contributed by atoms with E-state index in [1.807, 2.05) is 0 Å². The van der Waals surface area contributed by atoms with Gasteiger partial charge in [-0.2, -0.15) is 4.98 Å². The molecule has 0 unspecified atom stereocenters. The zero-order valence-corrected chi connectivity index (χ0v) is 15.4. The van der Waals surface area contributed by atoms with Gasteiger partial charge in [0.1, 0.15) is 5.69 Å². The topological polar surface area (TPSA) is 69.9 Å². The molecule has 0 radical (unpaired) electrons. The Morgan fingerprint density at radius 1 is 1.22 bits per heavy atom. The van der Waals surface area contributed by atoms with Crippen molar-refractivity contribution in [2.45, 2.75) is 45.4 Å². The maximum Gasteiger partial charge on any atom is 0.348 e. The summed E-state index contributed by atoms with van der Waals surface area (Å²) in [6.45, 7) is 12.0. The van der Waals surface area contributed by atoms with E-state index in [0.717, 1.165) is 0 Å². The molecular formula is C16H24N4O2Si. The molecule has 23 heavy (non-hydrogen) atoms. The van der Waals surface area contributed by atoms with Gasteiger partial charge < -0.3 is 4.43 Å². The summed E-state index contributed by atoms with van der Waals surface area (Å²) in [5.74, 6) is 0. The summed E-state index contributed by atoms with van der Waals surface area (Å²) < 4.78 is 7.66. The fourth-order valence-corrected chi connectivity index (χ4v) is 2.82. The minimum Gasteiger partial charge on any atom is -0.415 e. The van der Waals surface area contributed by atoms with Gasteiger partial charge in [-0.25, -0.2) is 4.79 Å². The van der Waals surface area contributed by atoms with E-state index in [4.69, 9.17) is 4.43 Å². The molecular weight excluding hydrogens is 308 g/mol. The molecule has 2 aromatic heterocycles. The van der Waals surface area contributed by atoms with Gasteiger partial charge in [0.15, 0.2) is 8.32 Å². The highest BCUT2D eigenvalue weighted by Gasteiger charge is 2.36. The second-order valence-electron chi connectivity index (χ2n) is 6.99. The van der Waals surface area contributed by atoms with Crippen LogP contribution in [0.4, 0.5) is 0 Å². The van der Waals surface area contributed by atoms with Gasteiger partial charge in [-0.3, -0.25) is 14.5 Å². The maximum atomic E-state index is 12.1. The van der Waals surface area contributed by atoms with Crippen LogP contribution in [0, 0.1) is 0 Å². The van der Waals surface area contributed by atoms with Gasteiger partial charge >= 0.3 is 5.69 Å². The molecule has 0 saturated carbocycles. The Morgan fingerprint density at radius 2 is 1.96 bits per heavy atom. The van der Waals surface area contributed by atoms with Gasteiger partial charge in [-0.15, -0.1) is 0 Å². The molecule has 6 nitrogen and oxygen atoms in total. The summed E-state index contributed by atoms with van der Waals surface area (Å²) in [7, 11) is -1.79. The molecule has 0 aliphatic rings. The molecule has 0 spiro atoms. The van der Waals surface area contributed by atoms with Crippen molar-refractivity contribution in [3.8, 4) is 11.4 Å². The van der Waals surface area contributed by atoms with Crippen molar-refractivity contribution < 1.29 is 4.43 Å². The van der Waals surface area contributed by atoms with Gasteiger partial charge in [-0.05, 0) is 24.2 Å². The highest BCUT2D eigenvalue weighted by atomic mass is 28.4. The first-order valence-corrected chi connectivity index (χ1v) is 10.6. The van der Waals surface area contributed by atoms with Crippen molar-refractivity contribution in [2.24, 2.45) is 0 Å². The van der Waals surface area contributed by atoms with E-state index in [9.17, 15) is 4.79 Å². The SMILES string of the molecule is CC(C)(C)[Si](C)(C)OCCn1ccc(-c2cnccn2)nc1=O. The van der Waals surface area contributed by atoms with Crippen LogP contribution in [0.1, 0.15) is 20.8 Å². The molecule has 0 saturated heterocycles. The molecule has 2 rings (SSSR count). The van der Waals surface area contributed by atoms with Crippen molar-refractivity contribution in [2.75, 3.05) is 6.61 Å². The van der Waals surface area contributed by atoms with Crippen LogP contribution < -0.4 is 5.69 Å². The molecule has 7 heteroatoms. The zero-order valence-electron chi connectivity index (χ0n) is 14.4. The molecule has 2 aromatic rings. The van der Waals surface area contributed by atoms with E-state index in [1.165, 1.54) is 0 Å². The summed E-state index contributed by atoms with van der Waals surface area (Å²) in [6, 6.07) is 1.78. The minimum absolute atomic E-state index is 0.159. The lowest BCUT2D eigenvalue weighted by Crippen LogP contribution is -2.41. The normalized spacial score (nSPS) is 12.4. The molecule has 2 heterocycles. The van der Waals surface area contributed by atoms with Gasteiger partial charge in [0.05, 0.1) is 18.5 Å². The van der Waals surface area contributed by atoms with Crippen molar-refractivity contribution in [1.82, 2.24) is 19.5 Å². The maximum absolute atomic E-state index is 12.1. The molecule has 0 aliphatic heterocycles. The quantitative estimate of drug-likeness (QED) is 0.787. The Bertz CT molecular complexity index is 708. The van der Waals surface area contributed by atoms with Crippen LogP contribution >= 0.6 is 0 Å². The fourth-order valence-electron chi connectivity index (χ4n) is 1.79. The molecule has 0 aliphatic carbocycles. The van der Waals surface area contributed by atoms with Crippen LogP contribution in [-0.4, -0.2) is 34.4 Å². The third kappa shape index (κ3) is 4.32. The van der Waals surface area contributed by atoms with Crippen molar-refractivity contribution >= 4 is 8.32 Å². The number of hydrogen-bond donors (Lipinski definition) is 0. The van der Waals surface area contributed by atoms with Crippen molar-refractivity contribution in [3.63, 3.8) is 0 Å². The number of nitrogens with zero attached hydrogens (tertiary/aromatic N) is 4. The Balaban J connectivity index is 2.04. The molecule has 124 valence electrons. The zero-order chi connectivity index (χ0) is 17.1. The van der Waals surface area contributed by atoms with Crippen LogP contribution in [0.2, 0.25) is 18.1 Å². The predicted molar refractivity (Wildman–Crippen MR) is 92.7 cm³/mol. The Morgan fingerprint density at radius 3 is 2.52 bits per heavy atom. The summed E-state index contributed by atoms with van der Waals surface area (Å²) >= 11 is 0. The summed E-state index contributed by atoms with van der Waals surface area (Å²) in [4.78, 5) is 24.3. The fraction of sp³-hybridized carbons (Fsp3) is 0.500. The van der Waals surface area contributed by atoms with Crippen LogP contribution in [0.15, 0.2) is 35.6 Å². The number of aromatic nitrogens is 4. The molecule has 0 fully saturated rings. The summed E-state index contributed by atoms with van der Waals surface area (Å²) in [5.41, 5.74) is 0.825. The smallest absolute Gasteiger partial charge is 0.348 e. The van der Waals surface area contributed by atoms with Crippen LogP contribution in [0.25, 0.3) is 11.4 Å². The number of hydrogen-bond acceptors (Lipinski definition) is 5. The van der Waals surface area contributed by atoms with E-state index in [0.29, 0.717) is 24.5 Å². The summed E-state index contributed by atoms with van der Waals surface area (Å²) in [6.07, 6.45) is 6.49. The van der Waals surface area contributed by atoms with Gasteiger partial charge in [0.25, 0.3) is 0 Å². The molecule has 0 amide bonds. The third-order valence-corrected chi connectivity index (χ3v) is 8.84. The minimum atomic E-state index is -1.79. The molecule has 0 N–H and O–H groups in total. The second kappa shape index (κ2) is 6.72. The van der Waals surface area contributed by atoms with Crippen molar-refractivity contribution in [3.05, 3.63) is 41.3 Å². The van der Waals surface area contributed by atoms with E-state index >= 15 is 0 Å². The molecule has 0 aromatic carbocycles. The van der Waals surface area contributed by atoms with Gasteiger partial charge in [0.2, 0.25) is 0 Å². The lowest BCUT2D eigenvalue weighted by Gasteiger charge is -2.36. The average Bonchev–Trinajstić information content (AvgIpc) is 2.48. The summed E-state index contributed by atoms with van der Waals surface area (Å²) in [5, 5.41) is 0.159. The van der Waals surface area contributed by atoms with Gasteiger partial charge in [0, 0.05) is 25.1 Å². The average molecular weight is 332 g/mol. The Hall–Kier alpha value is -1.86. The highest BCUT2D eigenvalue weighted by Crippen LogP contribution is 2.36.